The van der Waals surface area contributed by atoms with Gasteiger partial charge in [-0.2, -0.15) is 0 Å². The summed E-state index contributed by atoms with van der Waals surface area (Å²) >= 11 is 0. The Kier molecular flexibility index (Phi) is 9.07. The van der Waals surface area contributed by atoms with E-state index in [9.17, 15) is 9.59 Å². The van der Waals surface area contributed by atoms with E-state index in [-0.39, 0.29) is 12.2 Å². The molecule has 0 spiro atoms. The van der Waals surface area contributed by atoms with Gasteiger partial charge in [-0.15, -0.1) is 0 Å². The maximum atomic E-state index is 12.3. The lowest BCUT2D eigenvalue weighted by molar-refractivity contribution is -0.114. The van der Waals surface area contributed by atoms with E-state index >= 15 is 0 Å². The third kappa shape index (κ3) is 5.69. The van der Waals surface area contributed by atoms with Crippen LogP contribution in [0.4, 0.5) is 0 Å². The van der Waals surface area contributed by atoms with Gasteiger partial charge in [0.15, 0.2) is 0 Å². The number of carbonyl (C=O) groups is 2. The van der Waals surface area contributed by atoms with Crippen molar-refractivity contribution in [3.05, 3.63) is 71.4 Å². The van der Waals surface area contributed by atoms with Gasteiger partial charge >= 0.3 is 0 Å². The highest BCUT2D eigenvalue weighted by Gasteiger charge is 2.19. The third-order valence-electron chi connectivity index (χ3n) is 3.53. The van der Waals surface area contributed by atoms with E-state index in [1.807, 2.05) is 69.3 Å². The Morgan fingerprint density at radius 1 is 0.962 bits per heavy atom. The van der Waals surface area contributed by atoms with E-state index in [2.05, 4.69) is 18.8 Å². The average Bonchev–Trinajstić information content (AvgIpc) is 3.07. The summed E-state index contributed by atoms with van der Waals surface area (Å²) in [6, 6.07) is 15.1. The van der Waals surface area contributed by atoms with Crippen molar-refractivity contribution < 1.29 is 9.59 Å². The Hall–Kier alpha value is -2.68. The fourth-order valence-electron chi connectivity index (χ4n) is 2.50. The van der Waals surface area contributed by atoms with Crippen LogP contribution in [0.25, 0.3) is 10.9 Å². The van der Waals surface area contributed by atoms with Crippen LogP contribution in [0, 0.1) is 6.92 Å². The van der Waals surface area contributed by atoms with Crippen molar-refractivity contribution in [3.63, 3.8) is 0 Å². The number of Topliss-reactive ketones (excluding diaryl/α,β-unsaturated/α-hetero) is 2. The summed E-state index contributed by atoms with van der Waals surface area (Å²) in [4.78, 5) is 27.6. The number of hydrogen-bond donors (Lipinski definition) is 1. The van der Waals surface area contributed by atoms with Crippen molar-refractivity contribution in [2.24, 2.45) is 0 Å². The molecule has 0 radical (unpaired) electrons. The number of benzene rings is 2. The normalized spacial score (nSPS) is 9.58. The fourth-order valence-corrected chi connectivity index (χ4v) is 2.50. The lowest BCUT2D eigenvalue weighted by atomic mass is 10.00. The smallest absolute Gasteiger partial charge is 0.231 e. The van der Waals surface area contributed by atoms with Crippen molar-refractivity contribution in [2.45, 2.75) is 47.5 Å². The minimum Gasteiger partial charge on any atom is -0.360 e. The minimum atomic E-state index is -0.436. The van der Waals surface area contributed by atoms with Crippen LogP contribution in [0.3, 0.4) is 0 Å². The number of nitrogens with one attached hydrogen (secondary N) is 1. The number of aromatic nitrogens is 1. The first-order valence-electron chi connectivity index (χ1n) is 9.26. The lowest BCUT2D eigenvalue weighted by Crippen LogP contribution is -2.16. The molecule has 0 saturated heterocycles. The fraction of sp³-hybridized carbons (Fsp3) is 0.304. The first-order valence-corrected chi connectivity index (χ1v) is 9.26. The molecule has 3 heteroatoms. The molecule has 0 bridgehead atoms. The summed E-state index contributed by atoms with van der Waals surface area (Å²) in [5.74, 6) is -0.820. The van der Waals surface area contributed by atoms with Crippen molar-refractivity contribution in [3.8, 4) is 0 Å². The van der Waals surface area contributed by atoms with Crippen LogP contribution in [0.1, 0.15) is 55.6 Å². The van der Waals surface area contributed by atoms with E-state index < -0.39 is 5.78 Å². The van der Waals surface area contributed by atoms with Gasteiger partial charge in [-0.05, 0) is 18.6 Å². The molecule has 2 aromatic carbocycles. The van der Waals surface area contributed by atoms with Crippen LogP contribution in [0.5, 0.6) is 0 Å². The molecule has 0 aliphatic carbocycles. The summed E-state index contributed by atoms with van der Waals surface area (Å²) < 4.78 is 0. The van der Waals surface area contributed by atoms with Gasteiger partial charge in [0, 0.05) is 23.5 Å². The van der Waals surface area contributed by atoms with Crippen LogP contribution in [0.2, 0.25) is 0 Å². The Labute approximate surface area is 156 Å². The highest BCUT2D eigenvalue weighted by Crippen LogP contribution is 2.19. The van der Waals surface area contributed by atoms with Crippen molar-refractivity contribution in [1.82, 2.24) is 4.98 Å². The minimum absolute atomic E-state index is 0.139. The predicted molar refractivity (Wildman–Crippen MR) is 110 cm³/mol. The number of ketones is 2. The van der Waals surface area contributed by atoms with Gasteiger partial charge in [0.2, 0.25) is 11.6 Å². The van der Waals surface area contributed by atoms with E-state index in [1.165, 1.54) is 6.42 Å². The molecule has 0 saturated carbocycles. The van der Waals surface area contributed by atoms with Gasteiger partial charge in [0.05, 0.1) is 5.56 Å². The highest BCUT2D eigenvalue weighted by molar-refractivity contribution is 6.46. The molecule has 1 N–H and O–H groups in total. The molecule has 1 aromatic heterocycles. The molecule has 0 atom stereocenters. The molecule has 1 heterocycles. The zero-order chi connectivity index (χ0) is 19.5. The van der Waals surface area contributed by atoms with Gasteiger partial charge in [0.1, 0.15) is 0 Å². The van der Waals surface area contributed by atoms with Gasteiger partial charge < -0.3 is 4.98 Å². The highest BCUT2D eigenvalue weighted by atomic mass is 16.2. The second-order valence-corrected chi connectivity index (χ2v) is 5.87. The summed E-state index contributed by atoms with van der Waals surface area (Å²) in [7, 11) is 0. The zero-order valence-electron chi connectivity index (χ0n) is 16.4. The molecule has 0 unspecified atom stereocenters. The molecule has 0 aliphatic rings. The molecule has 3 aromatic rings. The van der Waals surface area contributed by atoms with Crippen molar-refractivity contribution in [2.75, 3.05) is 0 Å². The molecule has 138 valence electrons. The van der Waals surface area contributed by atoms with Crippen molar-refractivity contribution in [1.29, 1.82) is 0 Å². The number of aromatic amines is 1. The monoisotopic (exact) mass is 351 g/mol. The summed E-state index contributed by atoms with van der Waals surface area (Å²) in [6.45, 7) is 10.2. The number of carbonyl (C=O) groups excluding carboxylic acids is 2. The van der Waals surface area contributed by atoms with Gasteiger partial charge in [-0.1, -0.05) is 82.1 Å². The summed E-state index contributed by atoms with van der Waals surface area (Å²) in [5.41, 5.74) is 3.26. The Morgan fingerprint density at radius 2 is 1.62 bits per heavy atom. The Morgan fingerprint density at radius 3 is 2.27 bits per heavy atom. The average molecular weight is 351 g/mol. The largest absolute Gasteiger partial charge is 0.360 e. The lowest BCUT2D eigenvalue weighted by Gasteiger charge is -2.01. The number of para-hydroxylation sites is 1. The van der Waals surface area contributed by atoms with Crippen LogP contribution in [-0.2, 0) is 11.2 Å². The summed E-state index contributed by atoms with van der Waals surface area (Å²) in [6.07, 6.45) is 3.00. The van der Waals surface area contributed by atoms with Crippen LogP contribution in [-0.4, -0.2) is 16.6 Å². The molecule has 3 nitrogen and oxygen atoms in total. The van der Waals surface area contributed by atoms with Crippen molar-refractivity contribution >= 4 is 22.5 Å². The molecule has 0 aliphatic heterocycles. The Balaban J connectivity index is 0.000000615. The maximum Gasteiger partial charge on any atom is 0.231 e. The number of hydrogen-bond acceptors (Lipinski definition) is 2. The molecular weight excluding hydrogens is 322 g/mol. The molecule has 0 fully saturated rings. The first kappa shape index (κ1) is 21.4. The molecule has 3 rings (SSSR count). The molecule has 26 heavy (non-hydrogen) atoms. The van der Waals surface area contributed by atoms with E-state index in [1.54, 1.807) is 6.20 Å². The molecule has 0 amide bonds. The van der Waals surface area contributed by atoms with Gasteiger partial charge in [-0.25, -0.2) is 0 Å². The van der Waals surface area contributed by atoms with Gasteiger partial charge in [-0.3, -0.25) is 9.59 Å². The first-order chi connectivity index (χ1) is 12.6. The van der Waals surface area contributed by atoms with E-state index in [0.717, 1.165) is 22.0 Å². The van der Waals surface area contributed by atoms with E-state index in [4.69, 9.17) is 0 Å². The number of aryl methyl sites for hydroxylation is 1. The quantitative estimate of drug-likeness (QED) is 0.469. The zero-order valence-corrected chi connectivity index (χ0v) is 16.4. The predicted octanol–water partition coefficient (Wildman–Crippen LogP) is 5.91. The number of rotatable bonds is 4. The second-order valence-electron chi connectivity index (χ2n) is 5.87. The van der Waals surface area contributed by atoms with Gasteiger partial charge in [0.25, 0.3) is 0 Å². The van der Waals surface area contributed by atoms with E-state index in [0.29, 0.717) is 5.56 Å². The van der Waals surface area contributed by atoms with Crippen LogP contribution < -0.4 is 0 Å². The maximum absolute atomic E-state index is 12.3. The standard InChI is InChI=1S/C18H15NO2.C3H8.C2H6/c1-12-5-4-6-13(9-12)10-17(20)18(21)15-11-19-16-8-3-2-7-14(15)16;1-3-2;1-2/h2-9,11,19H,10H2,1H3;3H2,1-2H3;1-2H3. The topological polar surface area (TPSA) is 49.9 Å². The second kappa shape index (κ2) is 11.0. The Bertz CT molecular complexity index is 846. The SMILES string of the molecule is CC.CCC.Cc1cccc(CC(=O)C(=O)c2c[nH]c3ccccc23)c1. The van der Waals surface area contributed by atoms with Crippen LogP contribution >= 0.6 is 0 Å². The summed E-state index contributed by atoms with van der Waals surface area (Å²) in [5, 5.41) is 0.792. The number of fused-ring (bicyclic) bond motifs is 1. The van der Waals surface area contributed by atoms with Crippen LogP contribution in [0.15, 0.2) is 54.7 Å². The molecular formula is C23H29NO2. The number of H-pyrrole nitrogens is 1. The third-order valence-corrected chi connectivity index (χ3v) is 3.53.